The van der Waals surface area contributed by atoms with E-state index in [9.17, 15) is 33.9 Å². The van der Waals surface area contributed by atoms with Gasteiger partial charge in [-0.2, -0.15) is 0 Å². The first-order valence-corrected chi connectivity index (χ1v) is 10.6. The molecule has 0 aliphatic heterocycles. The van der Waals surface area contributed by atoms with Crippen molar-refractivity contribution in [2.24, 2.45) is 23.3 Å². The Labute approximate surface area is 192 Å². The van der Waals surface area contributed by atoms with Gasteiger partial charge in [-0.3, -0.25) is 24.0 Å². The average Bonchev–Trinajstić information content (AvgIpc) is 2.71. The Morgan fingerprint density at radius 1 is 0.848 bits per heavy atom. The third-order valence-electron chi connectivity index (χ3n) is 5.11. The zero-order valence-corrected chi connectivity index (χ0v) is 19.3. The van der Waals surface area contributed by atoms with Gasteiger partial charge in [-0.05, 0) is 18.3 Å². The smallest absolute Gasteiger partial charge is 0.326 e. The number of hydrogen-bond donors (Lipinski definition) is 7. The molecule has 0 saturated carbocycles. The van der Waals surface area contributed by atoms with Gasteiger partial charge >= 0.3 is 11.9 Å². The fraction of sp³-hybridized carbons (Fsp3) is 0.700. The largest absolute Gasteiger partial charge is 0.481 e. The van der Waals surface area contributed by atoms with Crippen LogP contribution in [0.25, 0.3) is 0 Å². The molecule has 0 rings (SSSR count). The minimum absolute atomic E-state index is 0.222. The first-order chi connectivity index (χ1) is 15.2. The van der Waals surface area contributed by atoms with Crippen LogP contribution in [0.15, 0.2) is 0 Å². The predicted octanol–water partition coefficient (Wildman–Crippen LogP) is -1.70. The van der Waals surface area contributed by atoms with E-state index in [2.05, 4.69) is 16.0 Å². The van der Waals surface area contributed by atoms with Crippen LogP contribution in [-0.4, -0.2) is 69.9 Å². The third-order valence-corrected chi connectivity index (χ3v) is 5.11. The number of nitrogens with two attached hydrogens (primary N) is 2. The SMILES string of the molecule is CCC(C)C(N)C(=O)NC(CC(N)=O)C(=O)NC(CCC(=O)O)C(=O)NC(C(=O)O)C(C)C. The highest BCUT2D eigenvalue weighted by molar-refractivity contribution is 5.96. The second kappa shape index (κ2) is 14.0. The highest BCUT2D eigenvalue weighted by Crippen LogP contribution is 2.08. The maximum Gasteiger partial charge on any atom is 0.326 e. The number of hydrogen-bond acceptors (Lipinski definition) is 7. The quantitative estimate of drug-likeness (QED) is 0.143. The number of carboxylic acid groups (broad SMARTS) is 2. The molecule has 0 radical (unpaired) electrons. The van der Waals surface area contributed by atoms with E-state index in [-0.39, 0.29) is 12.3 Å². The fourth-order valence-electron chi connectivity index (χ4n) is 2.77. The normalized spacial score (nSPS) is 15.5. The summed E-state index contributed by atoms with van der Waals surface area (Å²) >= 11 is 0. The van der Waals surface area contributed by atoms with Crippen molar-refractivity contribution in [3.05, 3.63) is 0 Å². The number of carbonyl (C=O) groups is 6. The van der Waals surface area contributed by atoms with E-state index in [4.69, 9.17) is 16.6 Å². The number of carbonyl (C=O) groups excluding carboxylic acids is 4. The number of nitrogens with one attached hydrogen (secondary N) is 3. The lowest BCUT2D eigenvalue weighted by Gasteiger charge is -2.26. The lowest BCUT2D eigenvalue weighted by atomic mass is 9.98. The zero-order chi connectivity index (χ0) is 25.9. The monoisotopic (exact) mass is 473 g/mol. The molecule has 4 amide bonds. The lowest BCUT2D eigenvalue weighted by Crippen LogP contribution is -2.58. The molecule has 0 aliphatic carbocycles. The van der Waals surface area contributed by atoms with E-state index in [1.165, 1.54) is 0 Å². The van der Waals surface area contributed by atoms with Crippen LogP contribution in [-0.2, 0) is 28.8 Å². The Bertz CT molecular complexity index is 742. The second-order valence-corrected chi connectivity index (χ2v) is 8.21. The van der Waals surface area contributed by atoms with Crippen molar-refractivity contribution in [2.45, 2.75) is 77.5 Å². The first-order valence-electron chi connectivity index (χ1n) is 10.6. The van der Waals surface area contributed by atoms with Crippen molar-refractivity contribution in [2.75, 3.05) is 0 Å². The van der Waals surface area contributed by atoms with Gasteiger partial charge < -0.3 is 37.6 Å². The van der Waals surface area contributed by atoms with Gasteiger partial charge in [0.2, 0.25) is 23.6 Å². The Kier molecular flexibility index (Phi) is 12.7. The summed E-state index contributed by atoms with van der Waals surface area (Å²) in [6.45, 7) is 6.66. The van der Waals surface area contributed by atoms with Gasteiger partial charge in [0.15, 0.2) is 0 Å². The molecule has 33 heavy (non-hydrogen) atoms. The maximum absolute atomic E-state index is 12.8. The highest BCUT2D eigenvalue weighted by Gasteiger charge is 2.32. The average molecular weight is 474 g/mol. The van der Waals surface area contributed by atoms with Gasteiger partial charge in [0.25, 0.3) is 0 Å². The molecule has 9 N–H and O–H groups in total. The molecule has 0 heterocycles. The Morgan fingerprint density at radius 3 is 1.79 bits per heavy atom. The van der Waals surface area contributed by atoms with Crippen molar-refractivity contribution in [3.63, 3.8) is 0 Å². The number of primary amides is 1. The maximum atomic E-state index is 12.8. The van der Waals surface area contributed by atoms with Crippen LogP contribution in [0.4, 0.5) is 0 Å². The molecular formula is C20H35N5O8. The molecule has 0 bridgehead atoms. The van der Waals surface area contributed by atoms with Crippen molar-refractivity contribution in [1.82, 2.24) is 16.0 Å². The number of aliphatic carboxylic acids is 2. The van der Waals surface area contributed by atoms with Crippen LogP contribution in [0.2, 0.25) is 0 Å². The first kappa shape index (κ1) is 29.8. The summed E-state index contributed by atoms with van der Waals surface area (Å²) in [5, 5.41) is 25.1. The van der Waals surface area contributed by atoms with Crippen molar-refractivity contribution in [1.29, 1.82) is 0 Å². The highest BCUT2D eigenvalue weighted by atomic mass is 16.4. The van der Waals surface area contributed by atoms with Gasteiger partial charge in [-0.1, -0.05) is 34.1 Å². The van der Waals surface area contributed by atoms with Crippen molar-refractivity contribution < 1.29 is 39.0 Å². The van der Waals surface area contributed by atoms with E-state index in [0.29, 0.717) is 6.42 Å². The summed E-state index contributed by atoms with van der Waals surface area (Å²) in [4.78, 5) is 71.6. The van der Waals surface area contributed by atoms with E-state index in [1.807, 2.05) is 6.92 Å². The molecule has 0 spiro atoms. The summed E-state index contributed by atoms with van der Waals surface area (Å²) < 4.78 is 0. The molecule has 0 aromatic heterocycles. The van der Waals surface area contributed by atoms with Crippen molar-refractivity contribution in [3.8, 4) is 0 Å². The molecule has 13 nitrogen and oxygen atoms in total. The van der Waals surface area contributed by atoms with E-state index >= 15 is 0 Å². The summed E-state index contributed by atoms with van der Waals surface area (Å²) in [5.74, 6) is -6.78. The van der Waals surface area contributed by atoms with Crippen LogP contribution in [0.3, 0.4) is 0 Å². The summed E-state index contributed by atoms with van der Waals surface area (Å²) in [6, 6.07) is -5.15. The number of carboxylic acids is 2. The van der Waals surface area contributed by atoms with Gasteiger partial charge in [-0.15, -0.1) is 0 Å². The molecule has 0 aliphatic rings. The van der Waals surface area contributed by atoms with E-state index in [1.54, 1.807) is 20.8 Å². The minimum Gasteiger partial charge on any atom is -0.481 e. The van der Waals surface area contributed by atoms with Gasteiger partial charge in [0.05, 0.1) is 12.5 Å². The number of rotatable bonds is 15. The summed E-state index contributed by atoms with van der Waals surface area (Å²) in [7, 11) is 0. The van der Waals surface area contributed by atoms with Crippen LogP contribution in [0.5, 0.6) is 0 Å². The molecule has 5 atom stereocenters. The standard InChI is InChI=1S/C20H35N5O8/c1-5-10(4)15(22)19(31)24-12(8-13(21)26)18(30)23-11(6-7-14(27)28)17(29)25-16(9(2)3)20(32)33/h9-12,15-16H,5-8,22H2,1-4H3,(H2,21,26)(H,23,30)(H,24,31)(H,25,29)(H,27,28)(H,32,33). The second-order valence-electron chi connectivity index (χ2n) is 8.21. The van der Waals surface area contributed by atoms with Crippen LogP contribution in [0, 0.1) is 11.8 Å². The molecule has 0 aromatic rings. The molecule has 13 heteroatoms. The zero-order valence-electron chi connectivity index (χ0n) is 19.3. The van der Waals surface area contributed by atoms with E-state index < -0.39 is 78.5 Å². The molecular weight excluding hydrogens is 438 g/mol. The van der Waals surface area contributed by atoms with Crippen LogP contribution < -0.4 is 27.4 Å². The lowest BCUT2D eigenvalue weighted by molar-refractivity contribution is -0.144. The molecule has 0 fully saturated rings. The van der Waals surface area contributed by atoms with Crippen molar-refractivity contribution >= 4 is 35.6 Å². The van der Waals surface area contributed by atoms with Crippen LogP contribution >= 0.6 is 0 Å². The minimum atomic E-state index is -1.47. The van der Waals surface area contributed by atoms with Gasteiger partial charge in [-0.25, -0.2) is 4.79 Å². The topological polar surface area (TPSA) is 231 Å². The molecule has 5 unspecified atom stereocenters. The third kappa shape index (κ3) is 10.8. The number of amides is 4. The summed E-state index contributed by atoms with van der Waals surface area (Å²) in [6.07, 6.45) is -0.883. The van der Waals surface area contributed by atoms with Crippen LogP contribution in [0.1, 0.15) is 53.4 Å². The Morgan fingerprint density at radius 2 is 1.36 bits per heavy atom. The molecule has 0 saturated heterocycles. The predicted molar refractivity (Wildman–Crippen MR) is 116 cm³/mol. The molecule has 0 aromatic carbocycles. The molecule has 188 valence electrons. The fourth-order valence-corrected chi connectivity index (χ4v) is 2.77. The van der Waals surface area contributed by atoms with Gasteiger partial charge in [0.1, 0.15) is 18.1 Å². The summed E-state index contributed by atoms with van der Waals surface area (Å²) in [5.41, 5.74) is 11.0. The Hall–Kier alpha value is -3.22. The Balaban J connectivity index is 5.62. The van der Waals surface area contributed by atoms with Gasteiger partial charge in [0, 0.05) is 6.42 Å². The van der Waals surface area contributed by atoms with E-state index in [0.717, 1.165) is 0 Å².